The van der Waals surface area contributed by atoms with Gasteiger partial charge in [0.05, 0.1) is 0 Å². The zero-order valence-corrected chi connectivity index (χ0v) is 9.33. The number of aliphatic hydroxyl groups is 1. The molecule has 1 N–H and O–H groups in total. The molecule has 1 rings (SSSR count). The van der Waals surface area contributed by atoms with Crippen LogP contribution < -0.4 is 0 Å². The highest BCUT2D eigenvalue weighted by molar-refractivity contribution is 4.89. The van der Waals surface area contributed by atoms with Crippen LogP contribution in [0.3, 0.4) is 0 Å². The average molecular weight is 185 g/mol. The van der Waals surface area contributed by atoms with Crippen LogP contribution in [0.15, 0.2) is 0 Å². The van der Waals surface area contributed by atoms with Crippen LogP contribution in [-0.4, -0.2) is 35.2 Å². The first-order valence-corrected chi connectivity index (χ1v) is 5.42. The summed E-state index contributed by atoms with van der Waals surface area (Å²) in [6, 6.07) is 1.25. The van der Waals surface area contributed by atoms with Crippen LogP contribution >= 0.6 is 0 Å². The van der Waals surface area contributed by atoms with Gasteiger partial charge in [0.2, 0.25) is 0 Å². The standard InChI is InChI=1S/C11H23NO/c1-8(2)12(9(3)4)6-10-5-11(10)7-13/h8-11,13H,5-7H2,1-4H3/t10-,11-/m1/s1. The molecule has 0 aromatic carbocycles. The number of rotatable bonds is 5. The third-order valence-electron chi connectivity index (χ3n) is 3.08. The molecule has 1 aliphatic carbocycles. The topological polar surface area (TPSA) is 23.5 Å². The lowest BCUT2D eigenvalue weighted by Gasteiger charge is -2.30. The van der Waals surface area contributed by atoms with Crippen molar-refractivity contribution in [2.45, 2.75) is 46.2 Å². The summed E-state index contributed by atoms with van der Waals surface area (Å²) in [4.78, 5) is 2.51. The summed E-state index contributed by atoms with van der Waals surface area (Å²) in [5, 5.41) is 8.95. The molecule has 0 radical (unpaired) electrons. The summed E-state index contributed by atoms with van der Waals surface area (Å²) in [5.74, 6) is 1.36. The van der Waals surface area contributed by atoms with Gasteiger partial charge in [-0.05, 0) is 46.0 Å². The molecule has 13 heavy (non-hydrogen) atoms. The molecule has 1 saturated carbocycles. The van der Waals surface area contributed by atoms with Crippen LogP contribution in [0.25, 0.3) is 0 Å². The number of hydrogen-bond acceptors (Lipinski definition) is 2. The number of hydrogen-bond donors (Lipinski definition) is 1. The largest absolute Gasteiger partial charge is 0.396 e. The molecular weight excluding hydrogens is 162 g/mol. The Morgan fingerprint density at radius 3 is 2.00 bits per heavy atom. The molecule has 2 atom stereocenters. The van der Waals surface area contributed by atoms with Crippen molar-refractivity contribution in [2.75, 3.05) is 13.2 Å². The summed E-state index contributed by atoms with van der Waals surface area (Å²) in [6.45, 7) is 10.5. The third kappa shape index (κ3) is 2.96. The third-order valence-corrected chi connectivity index (χ3v) is 3.08. The van der Waals surface area contributed by atoms with E-state index in [1.54, 1.807) is 0 Å². The predicted octanol–water partition coefficient (Wildman–Crippen LogP) is 1.73. The minimum Gasteiger partial charge on any atom is -0.396 e. The van der Waals surface area contributed by atoms with Crippen molar-refractivity contribution >= 4 is 0 Å². The number of aliphatic hydroxyl groups excluding tert-OH is 1. The van der Waals surface area contributed by atoms with Gasteiger partial charge in [-0.2, -0.15) is 0 Å². The van der Waals surface area contributed by atoms with Gasteiger partial charge in [-0.3, -0.25) is 4.90 Å². The molecule has 0 unspecified atom stereocenters. The van der Waals surface area contributed by atoms with Crippen LogP contribution in [0.1, 0.15) is 34.1 Å². The fourth-order valence-electron chi connectivity index (χ4n) is 2.05. The second-order valence-electron chi connectivity index (χ2n) is 4.82. The van der Waals surface area contributed by atoms with Gasteiger partial charge in [-0.1, -0.05) is 0 Å². The summed E-state index contributed by atoms with van der Waals surface area (Å²) < 4.78 is 0. The Labute approximate surface area is 81.9 Å². The fourth-order valence-corrected chi connectivity index (χ4v) is 2.05. The highest BCUT2D eigenvalue weighted by Crippen LogP contribution is 2.38. The lowest BCUT2D eigenvalue weighted by atomic mass is 10.2. The SMILES string of the molecule is CC(C)N(C[C@H]1C[C@@H]1CO)C(C)C. The predicted molar refractivity (Wildman–Crippen MR) is 55.7 cm³/mol. The Morgan fingerprint density at radius 1 is 1.15 bits per heavy atom. The lowest BCUT2D eigenvalue weighted by molar-refractivity contribution is 0.159. The Morgan fingerprint density at radius 2 is 1.69 bits per heavy atom. The van der Waals surface area contributed by atoms with Gasteiger partial charge < -0.3 is 5.11 Å². The van der Waals surface area contributed by atoms with Gasteiger partial charge in [0.15, 0.2) is 0 Å². The fraction of sp³-hybridized carbons (Fsp3) is 1.00. The highest BCUT2D eigenvalue weighted by Gasteiger charge is 2.38. The minimum absolute atomic E-state index is 0.384. The molecule has 0 heterocycles. The molecule has 0 saturated heterocycles. The zero-order valence-electron chi connectivity index (χ0n) is 9.33. The molecular formula is C11H23NO. The van der Waals surface area contributed by atoms with E-state index in [-0.39, 0.29) is 0 Å². The molecule has 0 bridgehead atoms. The van der Waals surface area contributed by atoms with Gasteiger partial charge in [0, 0.05) is 25.2 Å². The van der Waals surface area contributed by atoms with Crippen molar-refractivity contribution in [1.29, 1.82) is 0 Å². The van der Waals surface area contributed by atoms with E-state index in [0.717, 1.165) is 5.92 Å². The minimum atomic E-state index is 0.384. The van der Waals surface area contributed by atoms with Crippen molar-refractivity contribution in [3.8, 4) is 0 Å². The summed E-state index contributed by atoms with van der Waals surface area (Å²) in [6.07, 6.45) is 1.23. The molecule has 0 aromatic rings. The Hall–Kier alpha value is -0.0800. The quantitative estimate of drug-likeness (QED) is 0.705. The molecule has 1 aliphatic rings. The van der Waals surface area contributed by atoms with Gasteiger partial charge in [-0.25, -0.2) is 0 Å². The second kappa shape index (κ2) is 4.43. The van der Waals surface area contributed by atoms with Gasteiger partial charge in [-0.15, -0.1) is 0 Å². The first-order chi connectivity index (χ1) is 6.06. The molecule has 0 spiro atoms. The summed E-state index contributed by atoms with van der Waals surface area (Å²) in [7, 11) is 0. The first kappa shape index (κ1) is 11.0. The molecule has 0 amide bonds. The second-order valence-corrected chi connectivity index (χ2v) is 4.82. The molecule has 0 aliphatic heterocycles. The van der Waals surface area contributed by atoms with Crippen molar-refractivity contribution in [3.63, 3.8) is 0 Å². The van der Waals surface area contributed by atoms with Crippen molar-refractivity contribution in [1.82, 2.24) is 4.90 Å². The molecule has 1 fully saturated rings. The Balaban J connectivity index is 2.32. The normalized spacial score (nSPS) is 27.7. The first-order valence-electron chi connectivity index (χ1n) is 5.42. The van der Waals surface area contributed by atoms with E-state index in [4.69, 9.17) is 5.11 Å². The molecule has 78 valence electrons. The lowest BCUT2D eigenvalue weighted by Crippen LogP contribution is -2.38. The smallest absolute Gasteiger partial charge is 0.0462 e. The molecule has 2 nitrogen and oxygen atoms in total. The van der Waals surface area contributed by atoms with E-state index in [2.05, 4.69) is 32.6 Å². The Kier molecular flexibility index (Phi) is 3.74. The van der Waals surface area contributed by atoms with Crippen molar-refractivity contribution in [2.24, 2.45) is 11.8 Å². The van der Waals surface area contributed by atoms with Crippen molar-refractivity contribution in [3.05, 3.63) is 0 Å². The van der Waals surface area contributed by atoms with Crippen LogP contribution in [0, 0.1) is 11.8 Å². The summed E-state index contributed by atoms with van der Waals surface area (Å²) >= 11 is 0. The maximum Gasteiger partial charge on any atom is 0.0462 e. The van der Waals surface area contributed by atoms with Gasteiger partial charge in [0.1, 0.15) is 0 Å². The van der Waals surface area contributed by atoms with Gasteiger partial charge >= 0.3 is 0 Å². The zero-order chi connectivity index (χ0) is 10.0. The number of nitrogens with zero attached hydrogens (tertiary/aromatic N) is 1. The Bertz CT molecular complexity index is 148. The summed E-state index contributed by atoms with van der Waals surface area (Å²) in [5.41, 5.74) is 0. The maximum atomic E-state index is 8.95. The van der Waals surface area contributed by atoms with E-state index < -0.39 is 0 Å². The van der Waals surface area contributed by atoms with Gasteiger partial charge in [0.25, 0.3) is 0 Å². The van der Waals surface area contributed by atoms with Crippen LogP contribution in [0.2, 0.25) is 0 Å². The van der Waals surface area contributed by atoms with Crippen LogP contribution in [0.5, 0.6) is 0 Å². The molecule has 2 heteroatoms. The van der Waals surface area contributed by atoms with E-state index in [1.165, 1.54) is 13.0 Å². The monoisotopic (exact) mass is 185 g/mol. The maximum absolute atomic E-state index is 8.95. The van der Waals surface area contributed by atoms with Crippen LogP contribution in [0.4, 0.5) is 0 Å². The average Bonchev–Trinajstić information content (AvgIpc) is 2.77. The highest BCUT2D eigenvalue weighted by atomic mass is 16.3. The van der Waals surface area contributed by atoms with E-state index >= 15 is 0 Å². The van der Waals surface area contributed by atoms with E-state index in [0.29, 0.717) is 24.6 Å². The van der Waals surface area contributed by atoms with E-state index in [1.807, 2.05) is 0 Å². The molecule has 0 aromatic heterocycles. The van der Waals surface area contributed by atoms with E-state index in [9.17, 15) is 0 Å². The van der Waals surface area contributed by atoms with Crippen LogP contribution in [-0.2, 0) is 0 Å². The van der Waals surface area contributed by atoms with Crippen molar-refractivity contribution < 1.29 is 5.11 Å².